The van der Waals surface area contributed by atoms with E-state index in [1.165, 1.54) is 218 Å². The summed E-state index contributed by atoms with van der Waals surface area (Å²) in [6.45, 7) is 6.52. The molecule has 6 heteroatoms. The molecule has 0 aliphatic rings. The van der Waals surface area contributed by atoms with E-state index in [0.717, 1.165) is 103 Å². The molecule has 0 amide bonds. The molecule has 1 unspecified atom stereocenters. The summed E-state index contributed by atoms with van der Waals surface area (Å²) in [4.78, 5) is 38.1. The number of unbranched alkanes of at least 4 members (excludes halogenated alkanes) is 40. The maximum absolute atomic E-state index is 12.9. The highest BCUT2D eigenvalue weighted by molar-refractivity contribution is 5.71. The Hall–Kier alpha value is -3.41. The number of carbonyl (C=O) groups excluding carboxylic acids is 3. The largest absolute Gasteiger partial charge is 0.462 e. The number of ether oxygens (including phenoxy) is 3. The molecule has 0 rings (SSSR count). The molecule has 0 aliphatic heterocycles. The van der Waals surface area contributed by atoms with E-state index in [9.17, 15) is 14.4 Å². The van der Waals surface area contributed by atoms with Crippen LogP contribution in [0.15, 0.2) is 85.1 Å². The molecular formula is C76H134O6. The maximum atomic E-state index is 12.9. The van der Waals surface area contributed by atoms with Gasteiger partial charge in [-0.2, -0.15) is 0 Å². The number of carbonyl (C=O) groups is 3. The zero-order valence-electron chi connectivity index (χ0n) is 54.5. The van der Waals surface area contributed by atoms with Gasteiger partial charge in [-0.1, -0.05) is 350 Å². The fourth-order valence-electron chi connectivity index (χ4n) is 10.4. The summed E-state index contributed by atoms with van der Waals surface area (Å²) in [5.41, 5.74) is 0. The molecule has 0 aromatic heterocycles. The molecule has 0 aliphatic carbocycles. The van der Waals surface area contributed by atoms with Crippen LogP contribution in [-0.4, -0.2) is 37.2 Å². The lowest BCUT2D eigenvalue weighted by molar-refractivity contribution is -0.167. The molecular weight excluding hydrogens is 1010 g/mol. The zero-order chi connectivity index (χ0) is 59.2. The first-order valence-corrected chi connectivity index (χ1v) is 35.6. The topological polar surface area (TPSA) is 78.9 Å². The average molecular weight is 1140 g/mol. The number of hydrogen-bond donors (Lipinski definition) is 0. The molecule has 0 fully saturated rings. The highest BCUT2D eigenvalue weighted by atomic mass is 16.6. The molecule has 0 aromatic rings. The lowest BCUT2D eigenvalue weighted by atomic mass is 10.0. The van der Waals surface area contributed by atoms with E-state index in [0.29, 0.717) is 19.3 Å². The number of allylic oxidation sites excluding steroid dienone is 14. The van der Waals surface area contributed by atoms with Gasteiger partial charge in [-0.15, -0.1) is 0 Å². The van der Waals surface area contributed by atoms with Crippen LogP contribution in [0.5, 0.6) is 0 Å². The molecule has 1 atom stereocenters. The van der Waals surface area contributed by atoms with Crippen LogP contribution in [0.25, 0.3) is 0 Å². The Kier molecular flexibility index (Phi) is 67.2. The van der Waals surface area contributed by atoms with Crippen molar-refractivity contribution in [3.63, 3.8) is 0 Å². The van der Waals surface area contributed by atoms with Crippen molar-refractivity contribution >= 4 is 17.9 Å². The summed E-state index contributed by atoms with van der Waals surface area (Å²) in [6.07, 6.45) is 93.7. The molecule has 6 nitrogen and oxygen atoms in total. The smallest absolute Gasteiger partial charge is 0.306 e. The summed E-state index contributed by atoms with van der Waals surface area (Å²) in [6, 6.07) is 0. The van der Waals surface area contributed by atoms with E-state index in [2.05, 4.69) is 106 Å². The van der Waals surface area contributed by atoms with Crippen LogP contribution in [0.3, 0.4) is 0 Å². The van der Waals surface area contributed by atoms with E-state index in [4.69, 9.17) is 14.2 Å². The molecule has 0 bridgehead atoms. The molecule has 0 heterocycles. The first kappa shape index (κ1) is 78.6. The van der Waals surface area contributed by atoms with Gasteiger partial charge in [0.05, 0.1) is 0 Å². The molecule has 0 aromatic carbocycles. The first-order valence-electron chi connectivity index (χ1n) is 35.6. The molecule has 82 heavy (non-hydrogen) atoms. The van der Waals surface area contributed by atoms with Crippen LogP contribution in [0, 0.1) is 0 Å². The summed E-state index contributed by atoms with van der Waals surface area (Å²) in [7, 11) is 0. The third-order valence-corrected chi connectivity index (χ3v) is 15.7. The van der Waals surface area contributed by atoms with E-state index < -0.39 is 6.10 Å². The van der Waals surface area contributed by atoms with Gasteiger partial charge in [0.1, 0.15) is 13.2 Å². The van der Waals surface area contributed by atoms with Gasteiger partial charge >= 0.3 is 17.9 Å². The predicted octanol–water partition coefficient (Wildman–Crippen LogP) is 24.6. The Labute approximate surface area is 509 Å². The van der Waals surface area contributed by atoms with Gasteiger partial charge < -0.3 is 14.2 Å². The van der Waals surface area contributed by atoms with Crippen molar-refractivity contribution in [1.82, 2.24) is 0 Å². The minimum Gasteiger partial charge on any atom is -0.462 e. The SMILES string of the molecule is CC/C=C\C/C=C\C/C=C\C/C=C\C/C=C\C/C=C\C/C=C\CCCCCCCCCCCCCCCC(=O)OCC(COC(=O)CCCCCCCC)OC(=O)CCCCCCCCCCCCCCCCCCCCCCCCC. The Morgan fingerprint density at radius 2 is 0.476 bits per heavy atom. The van der Waals surface area contributed by atoms with Gasteiger partial charge in [0.2, 0.25) is 0 Å². The normalized spacial score (nSPS) is 12.6. The minimum absolute atomic E-state index is 0.0712. The summed E-state index contributed by atoms with van der Waals surface area (Å²) < 4.78 is 16.9. The Morgan fingerprint density at radius 3 is 0.744 bits per heavy atom. The number of esters is 3. The van der Waals surface area contributed by atoms with Crippen LogP contribution < -0.4 is 0 Å². The first-order chi connectivity index (χ1) is 40.5. The van der Waals surface area contributed by atoms with E-state index in [-0.39, 0.29) is 31.1 Å². The Balaban J connectivity index is 4.00. The second kappa shape index (κ2) is 70.1. The van der Waals surface area contributed by atoms with E-state index in [1.54, 1.807) is 0 Å². The summed E-state index contributed by atoms with van der Waals surface area (Å²) >= 11 is 0. The zero-order valence-corrected chi connectivity index (χ0v) is 54.5. The third kappa shape index (κ3) is 67.4. The maximum Gasteiger partial charge on any atom is 0.306 e. The van der Waals surface area contributed by atoms with Crippen molar-refractivity contribution in [2.24, 2.45) is 0 Å². The Morgan fingerprint density at radius 1 is 0.256 bits per heavy atom. The summed E-state index contributed by atoms with van der Waals surface area (Å²) in [5.74, 6) is -0.862. The van der Waals surface area contributed by atoms with E-state index >= 15 is 0 Å². The second-order valence-electron chi connectivity index (χ2n) is 23.8. The minimum atomic E-state index is -0.771. The lowest BCUT2D eigenvalue weighted by Gasteiger charge is -2.18. The van der Waals surface area contributed by atoms with Gasteiger partial charge in [-0.25, -0.2) is 0 Å². The van der Waals surface area contributed by atoms with Crippen LogP contribution >= 0.6 is 0 Å². The van der Waals surface area contributed by atoms with Crippen LogP contribution in [0.2, 0.25) is 0 Å². The highest BCUT2D eigenvalue weighted by Crippen LogP contribution is 2.18. The van der Waals surface area contributed by atoms with Gasteiger partial charge in [0, 0.05) is 19.3 Å². The fraction of sp³-hybridized carbons (Fsp3) is 0.776. The quantitative estimate of drug-likeness (QED) is 0.0261. The number of rotatable bonds is 65. The van der Waals surface area contributed by atoms with Crippen LogP contribution in [-0.2, 0) is 28.6 Å². The Bertz CT molecular complexity index is 1550. The average Bonchev–Trinajstić information content (AvgIpc) is 3.47. The molecule has 0 saturated heterocycles. The van der Waals surface area contributed by atoms with Crippen molar-refractivity contribution in [3.05, 3.63) is 85.1 Å². The summed E-state index contributed by atoms with van der Waals surface area (Å²) in [5, 5.41) is 0. The third-order valence-electron chi connectivity index (χ3n) is 15.7. The van der Waals surface area contributed by atoms with Crippen molar-refractivity contribution in [1.29, 1.82) is 0 Å². The van der Waals surface area contributed by atoms with E-state index in [1.807, 2.05) is 0 Å². The lowest BCUT2D eigenvalue weighted by Crippen LogP contribution is -2.30. The molecule has 0 N–H and O–H groups in total. The van der Waals surface area contributed by atoms with Crippen molar-refractivity contribution in [2.45, 2.75) is 367 Å². The van der Waals surface area contributed by atoms with Gasteiger partial charge in [0.15, 0.2) is 6.10 Å². The van der Waals surface area contributed by atoms with Crippen LogP contribution in [0.1, 0.15) is 361 Å². The predicted molar refractivity (Wildman–Crippen MR) is 358 cm³/mol. The standard InChI is InChI=1S/C76H134O6/c1-4-7-10-13-16-18-20-22-24-26-28-30-32-33-34-35-36-37-38-39-40-41-42-43-45-46-48-50-52-54-56-58-60-63-66-69-75(78)81-72-73(71-80-74(77)68-65-62-15-12-9-6-3)82-76(79)70-67-64-61-59-57-55-53-51-49-47-44-31-29-27-25-23-21-19-17-14-11-8-5-2/h7,10,16,18,22,24,28,30,33-34,36-37,39-40,73H,4-6,8-9,11-15,17,19-21,23,25-27,29,31-32,35,38,41-72H2,1-3H3/b10-7-,18-16-,24-22-,30-28-,34-33-,37-36-,40-39-. The van der Waals surface area contributed by atoms with Crippen molar-refractivity contribution < 1.29 is 28.6 Å². The van der Waals surface area contributed by atoms with Crippen molar-refractivity contribution in [2.75, 3.05) is 13.2 Å². The van der Waals surface area contributed by atoms with Gasteiger partial charge in [-0.3, -0.25) is 14.4 Å². The van der Waals surface area contributed by atoms with Crippen molar-refractivity contribution in [3.8, 4) is 0 Å². The molecule has 474 valence electrons. The monoisotopic (exact) mass is 1140 g/mol. The second-order valence-corrected chi connectivity index (χ2v) is 23.8. The number of hydrogen-bond acceptors (Lipinski definition) is 6. The van der Waals surface area contributed by atoms with Gasteiger partial charge in [-0.05, 0) is 77.0 Å². The molecule has 0 spiro atoms. The highest BCUT2D eigenvalue weighted by Gasteiger charge is 2.19. The fourth-order valence-corrected chi connectivity index (χ4v) is 10.4. The van der Waals surface area contributed by atoms with Gasteiger partial charge in [0.25, 0.3) is 0 Å². The van der Waals surface area contributed by atoms with Crippen LogP contribution in [0.4, 0.5) is 0 Å². The molecule has 0 saturated carbocycles. The molecule has 0 radical (unpaired) electrons.